The van der Waals surface area contributed by atoms with Gasteiger partial charge in [-0.2, -0.15) is 5.26 Å². The van der Waals surface area contributed by atoms with Crippen LogP contribution in [0.5, 0.6) is 0 Å². The number of ether oxygens (including phenoxy) is 1. The fraction of sp³-hybridized carbons (Fsp3) is 0.417. The molecule has 3 aromatic rings. The number of pyridine rings is 1. The summed E-state index contributed by atoms with van der Waals surface area (Å²) in [6.45, 7) is 4.11. The highest BCUT2D eigenvalue weighted by Crippen LogP contribution is 2.56. The number of allylic oxidation sites excluding steroid dienone is 1. The van der Waals surface area contributed by atoms with E-state index in [2.05, 4.69) is 48.6 Å². The summed E-state index contributed by atoms with van der Waals surface area (Å²) in [6, 6.07) is 10.1. The SMILES string of the molecule is C#CC(C)(C)S(C)(C)OC1CCC(CC(C(=O)Nc2ccc3nccn3c2)N2C=C(OC)C(c3cc(Cl)ccc3C#N)=CC2O)CC1. The van der Waals surface area contributed by atoms with Gasteiger partial charge in [0.1, 0.15) is 23.7 Å². The number of carbonyl (C=O) groups is 1. The summed E-state index contributed by atoms with van der Waals surface area (Å²) in [5.41, 5.74) is 2.84. The first-order valence-electron chi connectivity index (χ1n) is 15.6. The molecular weight excluding hydrogens is 634 g/mol. The molecule has 2 aliphatic rings. The third kappa shape index (κ3) is 7.47. The molecule has 5 rings (SSSR count). The average molecular weight is 676 g/mol. The van der Waals surface area contributed by atoms with E-state index in [-0.39, 0.29) is 22.7 Å². The number of aromatic nitrogens is 2. The fourth-order valence-corrected chi connectivity index (χ4v) is 7.63. The first-order valence-corrected chi connectivity index (χ1v) is 18.4. The lowest BCUT2D eigenvalue weighted by Gasteiger charge is -2.46. The molecule has 0 bridgehead atoms. The van der Waals surface area contributed by atoms with E-state index < -0.39 is 22.6 Å². The van der Waals surface area contributed by atoms with Crippen molar-refractivity contribution in [2.45, 2.75) is 69.1 Å². The molecule has 1 amide bonds. The summed E-state index contributed by atoms with van der Waals surface area (Å²) in [5, 5.41) is 24.8. The van der Waals surface area contributed by atoms with Crippen LogP contribution in [0.4, 0.5) is 5.69 Å². The molecule has 11 heteroatoms. The number of imidazole rings is 1. The van der Waals surface area contributed by atoms with Crippen LogP contribution in [-0.2, 0) is 13.7 Å². The van der Waals surface area contributed by atoms with Gasteiger partial charge in [-0.3, -0.25) is 4.79 Å². The van der Waals surface area contributed by atoms with Gasteiger partial charge in [-0.05, 0) is 101 Å². The lowest BCUT2D eigenvalue weighted by molar-refractivity contribution is -0.124. The van der Waals surface area contributed by atoms with Gasteiger partial charge in [-0.1, -0.05) is 17.5 Å². The maximum absolute atomic E-state index is 14.1. The van der Waals surface area contributed by atoms with Gasteiger partial charge in [0.25, 0.3) is 0 Å². The molecule has 2 unspecified atom stereocenters. The zero-order valence-corrected chi connectivity index (χ0v) is 29.0. The van der Waals surface area contributed by atoms with Gasteiger partial charge < -0.3 is 28.6 Å². The predicted octanol–water partition coefficient (Wildman–Crippen LogP) is 6.73. The number of methoxy groups -OCH3 is 1. The van der Waals surface area contributed by atoms with Crippen LogP contribution < -0.4 is 5.32 Å². The second kappa shape index (κ2) is 14.0. The lowest BCUT2D eigenvalue weighted by atomic mass is 9.82. The number of nitriles is 1. The van der Waals surface area contributed by atoms with Crippen LogP contribution in [0.2, 0.25) is 5.02 Å². The van der Waals surface area contributed by atoms with E-state index in [1.54, 1.807) is 41.6 Å². The van der Waals surface area contributed by atoms with E-state index in [9.17, 15) is 15.2 Å². The molecule has 9 nitrogen and oxygen atoms in total. The molecule has 2 atom stereocenters. The van der Waals surface area contributed by atoms with Crippen molar-refractivity contribution in [3.8, 4) is 18.4 Å². The molecule has 0 saturated heterocycles. The van der Waals surface area contributed by atoms with Crippen molar-refractivity contribution in [1.29, 1.82) is 5.26 Å². The summed E-state index contributed by atoms with van der Waals surface area (Å²) < 4.78 is 13.9. The van der Waals surface area contributed by atoms with E-state index >= 15 is 0 Å². The second-order valence-corrected chi connectivity index (χ2v) is 17.0. The molecule has 47 heavy (non-hydrogen) atoms. The Balaban J connectivity index is 1.40. The molecule has 0 radical (unpaired) electrons. The zero-order valence-electron chi connectivity index (χ0n) is 27.4. The van der Waals surface area contributed by atoms with Gasteiger partial charge in [0.05, 0.1) is 35.3 Å². The lowest BCUT2D eigenvalue weighted by Crippen LogP contribution is -2.48. The normalized spacial score (nSPS) is 21.2. The van der Waals surface area contributed by atoms with E-state index in [1.165, 1.54) is 7.11 Å². The number of terminal acetylenes is 1. The number of amides is 1. The number of halogens is 1. The highest BCUT2D eigenvalue weighted by molar-refractivity contribution is 8.30. The number of fused-ring (bicyclic) bond motifs is 1. The molecule has 2 aromatic heterocycles. The number of carbonyl (C=O) groups excluding carboxylic acids is 1. The van der Waals surface area contributed by atoms with Crippen molar-refractivity contribution in [1.82, 2.24) is 14.3 Å². The molecule has 3 heterocycles. The number of benzene rings is 1. The largest absolute Gasteiger partial charge is 0.495 e. The quantitative estimate of drug-likeness (QED) is 0.229. The maximum atomic E-state index is 14.1. The highest BCUT2D eigenvalue weighted by atomic mass is 35.5. The summed E-state index contributed by atoms with van der Waals surface area (Å²) in [6.07, 6.45) is 21.6. The Bertz CT molecular complexity index is 1780. The fourth-order valence-electron chi connectivity index (χ4n) is 6.06. The summed E-state index contributed by atoms with van der Waals surface area (Å²) in [4.78, 5) is 20.0. The van der Waals surface area contributed by atoms with Gasteiger partial charge >= 0.3 is 0 Å². The molecule has 1 aromatic carbocycles. The first-order chi connectivity index (χ1) is 22.4. The number of aliphatic hydroxyl groups excluding tert-OH is 1. The molecule has 1 fully saturated rings. The van der Waals surface area contributed by atoms with Crippen LogP contribution >= 0.6 is 21.9 Å². The summed E-state index contributed by atoms with van der Waals surface area (Å²) in [7, 11) is 0.0382. The smallest absolute Gasteiger partial charge is 0.247 e. The van der Waals surface area contributed by atoms with Crippen LogP contribution in [0.3, 0.4) is 0 Å². The minimum atomic E-state index is -1.48. The topological polar surface area (TPSA) is 112 Å². The van der Waals surface area contributed by atoms with Crippen molar-refractivity contribution >= 4 is 44.7 Å². The van der Waals surface area contributed by atoms with Crippen molar-refractivity contribution < 1.29 is 18.8 Å². The monoisotopic (exact) mass is 675 g/mol. The van der Waals surface area contributed by atoms with Crippen molar-refractivity contribution in [3.63, 3.8) is 0 Å². The third-order valence-electron chi connectivity index (χ3n) is 9.39. The van der Waals surface area contributed by atoms with Crippen molar-refractivity contribution in [2.24, 2.45) is 5.92 Å². The highest BCUT2D eigenvalue weighted by Gasteiger charge is 2.38. The van der Waals surface area contributed by atoms with Crippen LogP contribution in [0.25, 0.3) is 11.2 Å². The Morgan fingerprint density at radius 1 is 1.26 bits per heavy atom. The van der Waals surface area contributed by atoms with E-state index in [0.29, 0.717) is 39.6 Å². The van der Waals surface area contributed by atoms with E-state index in [0.717, 1.165) is 31.3 Å². The zero-order chi connectivity index (χ0) is 33.9. The van der Waals surface area contributed by atoms with Gasteiger partial charge in [0.2, 0.25) is 5.91 Å². The second-order valence-electron chi connectivity index (χ2n) is 12.9. The Kier molecular flexibility index (Phi) is 10.3. The summed E-state index contributed by atoms with van der Waals surface area (Å²) >= 11 is 6.29. The van der Waals surface area contributed by atoms with Gasteiger partial charge in [0, 0.05) is 40.9 Å². The number of nitrogens with zero attached hydrogens (tertiary/aromatic N) is 4. The van der Waals surface area contributed by atoms with Gasteiger partial charge in [0.15, 0.2) is 0 Å². The number of hydrogen-bond donors (Lipinski definition) is 2. The molecule has 1 saturated carbocycles. The van der Waals surface area contributed by atoms with Gasteiger partial charge in [-0.15, -0.1) is 16.7 Å². The minimum Gasteiger partial charge on any atom is -0.495 e. The number of anilines is 1. The minimum absolute atomic E-state index is 0.108. The Morgan fingerprint density at radius 2 is 2.00 bits per heavy atom. The standard InChI is InChI=1S/C36H42ClN5O4S/c1-7-36(2,3)47(5,6)46-28-13-8-24(9-14-28)18-31(35(44)40-27-12-15-33-39-16-17-41(33)22-27)42-23-32(45-4)30(20-34(42)43)29-19-26(37)11-10-25(29)21-38/h1,10-12,15-17,19-20,22-24,28,31,34,43H,8-9,13-14,18H2,2-6H3,(H,40,44). The van der Waals surface area contributed by atoms with Gasteiger partial charge in [-0.25, -0.2) is 4.98 Å². The Hall–Kier alpha value is -3.93. The molecule has 248 valence electrons. The van der Waals surface area contributed by atoms with Crippen molar-refractivity contribution in [2.75, 3.05) is 24.9 Å². The molecular formula is C36H42ClN5O4S. The number of nitrogens with one attached hydrogen (secondary N) is 1. The maximum Gasteiger partial charge on any atom is 0.247 e. The summed E-state index contributed by atoms with van der Waals surface area (Å²) in [5.74, 6) is 3.28. The number of aliphatic hydroxyl groups is 1. The van der Waals surface area contributed by atoms with Crippen LogP contribution in [0.1, 0.15) is 57.1 Å². The predicted molar refractivity (Wildman–Crippen MR) is 188 cm³/mol. The average Bonchev–Trinajstić information content (AvgIpc) is 3.52. The van der Waals surface area contributed by atoms with Crippen LogP contribution in [-0.4, -0.2) is 68.0 Å². The van der Waals surface area contributed by atoms with E-state index in [4.69, 9.17) is 26.9 Å². The Morgan fingerprint density at radius 3 is 2.68 bits per heavy atom. The van der Waals surface area contributed by atoms with Crippen LogP contribution in [0.15, 0.2) is 67.0 Å². The molecule has 2 N–H and O–H groups in total. The number of rotatable bonds is 10. The van der Waals surface area contributed by atoms with E-state index in [1.807, 2.05) is 28.9 Å². The van der Waals surface area contributed by atoms with Crippen molar-refractivity contribution in [3.05, 3.63) is 83.1 Å². The molecule has 1 aliphatic carbocycles. The van der Waals surface area contributed by atoms with Crippen LogP contribution in [0, 0.1) is 29.6 Å². The molecule has 1 aliphatic heterocycles. The third-order valence-corrected chi connectivity index (χ3v) is 13.0. The number of hydrogen-bond acceptors (Lipinski definition) is 7. The molecule has 0 spiro atoms. The first kappa shape index (κ1) is 34.4. The Labute approximate surface area is 283 Å².